The lowest BCUT2D eigenvalue weighted by Gasteiger charge is -2.23. The molecule has 2 aromatic rings. The summed E-state index contributed by atoms with van der Waals surface area (Å²) in [6.45, 7) is 1.80. The van der Waals surface area contributed by atoms with E-state index in [1.165, 1.54) is 0 Å². The normalized spacial score (nSPS) is 17.0. The Morgan fingerprint density at radius 3 is 2.83 bits per heavy atom. The van der Waals surface area contributed by atoms with E-state index in [9.17, 15) is 4.79 Å². The van der Waals surface area contributed by atoms with Crippen molar-refractivity contribution < 1.29 is 9.53 Å². The first-order chi connectivity index (χ1) is 11.1. The molecule has 6 heteroatoms. The van der Waals surface area contributed by atoms with E-state index in [4.69, 9.17) is 4.74 Å². The van der Waals surface area contributed by atoms with Crippen molar-refractivity contribution in [1.82, 2.24) is 15.2 Å². The molecule has 0 spiro atoms. The Kier molecular flexibility index (Phi) is 4.93. The maximum absolute atomic E-state index is 12.5. The number of halogens is 1. The minimum Gasteiger partial charge on any atom is -0.438 e. The monoisotopic (exact) mass is 375 g/mol. The van der Waals surface area contributed by atoms with Gasteiger partial charge in [0.15, 0.2) is 0 Å². The molecule has 1 aromatic heterocycles. The van der Waals surface area contributed by atoms with Crippen LogP contribution in [0.15, 0.2) is 47.1 Å². The molecular formula is C17H18BrN3O2. The summed E-state index contributed by atoms with van der Waals surface area (Å²) in [5, 5.41) is 3.27. The quantitative estimate of drug-likeness (QED) is 0.891. The summed E-state index contributed by atoms with van der Waals surface area (Å²) in [5.74, 6) is 1.13. The number of ether oxygens (including phenoxy) is 1. The zero-order valence-electron chi connectivity index (χ0n) is 12.8. The molecule has 1 amide bonds. The van der Waals surface area contributed by atoms with Crippen LogP contribution in [0.25, 0.3) is 0 Å². The third kappa shape index (κ3) is 3.71. The van der Waals surface area contributed by atoms with Crippen LogP contribution in [-0.2, 0) is 0 Å². The van der Waals surface area contributed by atoms with Crippen LogP contribution in [0, 0.1) is 0 Å². The van der Waals surface area contributed by atoms with Gasteiger partial charge in [0.1, 0.15) is 5.75 Å². The number of amides is 1. The molecule has 0 unspecified atom stereocenters. The van der Waals surface area contributed by atoms with Crippen LogP contribution in [0.1, 0.15) is 16.8 Å². The van der Waals surface area contributed by atoms with E-state index in [1.54, 1.807) is 23.2 Å². The molecule has 1 saturated heterocycles. The largest absolute Gasteiger partial charge is 0.438 e. The minimum absolute atomic E-state index is 0.0151. The number of nitrogens with zero attached hydrogens (tertiary/aromatic N) is 2. The van der Waals surface area contributed by atoms with Gasteiger partial charge in [-0.2, -0.15) is 0 Å². The van der Waals surface area contributed by atoms with Gasteiger partial charge in [0.2, 0.25) is 5.88 Å². The van der Waals surface area contributed by atoms with E-state index in [-0.39, 0.29) is 11.9 Å². The molecule has 1 aliphatic heterocycles. The van der Waals surface area contributed by atoms with Gasteiger partial charge < -0.3 is 15.0 Å². The second-order valence-corrected chi connectivity index (χ2v) is 6.33. The van der Waals surface area contributed by atoms with Gasteiger partial charge in [-0.25, -0.2) is 4.98 Å². The molecule has 0 bridgehead atoms. The number of hydrogen-bond acceptors (Lipinski definition) is 4. The average molecular weight is 376 g/mol. The van der Waals surface area contributed by atoms with Gasteiger partial charge in [0, 0.05) is 31.9 Å². The average Bonchev–Trinajstić information content (AvgIpc) is 3.11. The Morgan fingerprint density at radius 2 is 2.17 bits per heavy atom. The Bertz CT molecular complexity index is 684. The Hall–Kier alpha value is -1.92. The van der Waals surface area contributed by atoms with E-state index in [2.05, 4.69) is 26.2 Å². The number of benzene rings is 1. The number of nitrogens with one attached hydrogen (secondary N) is 1. The lowest BCUT2D eigenvalue weighted by atomic mass is 10.2. The minimum atomic E-state index is -0.0151. The molecular weight excluding hydrogens is 358 g/mol. The topological polar surface area (TPSA) is 54.5 Å². The summed E-state index contributed by atoms with van der Waals surface area (Å²) in [6, 6.07) is 11.3. The lowest BCUT2D eigenvalue weighted by molar-refractivity contribution is 0.0743. The van der Waals surface area contributed by atoms with E-state index in [0.29, 0.717) is 17.2 Å². The molecule has 120 valence electrons. The highest BCUT2D eigenvalue weighted by molar-refractivity contribution is 9.10. The van der Waals surface area contributed by atoms with Crippen LogP contribution < -0.4 is 10.1 Å². The Labute approximate surface area is 143 Å². The van der Waals surface area contributed by atoms with Crippen LogP contribution in [0.4, 0.5) is 0 Å². The second-order valence-electron chi connectivity index (χ2n) is 5.48. The molecule has 23 heavy (non-hydrogen) atoms. The molecule has 0 radical (unpaired) electrons. The summed E-state index contributed by atoms with van der Waals surface area (Å²) >= 11 is 3.43. The second kappa shape index (κ2) is 7.10. The number of carbonyl (C=O) groups is 1. The number of hydrogen-bond donors (Lipinski definition) is 1. The zero-order valence-corrected chi connectivity index (χ0v) is 14.4. The number of rotatable bonds is 4. The molecule has 0 saturated carbocycles. The van der Waals surface area contributed by atoms with Crippen molar-refractivity contribution in [2.24, 2.45) is 0 Å². The SMILES string of the molecule is CN(C(=O)c1ccc(Oc2ccccc2Br)nc1)[C@@H]1CCNC1. The maximum atomic E-state index is 12.5. The van der Waals surface area contributed by atoms with Gasteiger partial charge in [-0.05, 0) is 47.1 Å². The van der Waals surface area contributed by atoms with Crippen LogP contribution in [-0.4, -0.2) is 42.0 Å². The van der Waals surface area contributed by atoms with Crippen molar-refractivity contribution in [2.45, 2.75) is 12.5 Å². The van der Waals surface area contributed by atoms with E-state index < -0.39 is 0 Å². The molecule has 1 aromatic carbocycles. The van der Waals surface area contributed by atoms with Crippen LogP contribution in [0.2, 0.25) is 0 Å². The molecule has 1 aliphatic rings. The van der Waals surface area contributed by atoms with Crippen molar-refractivity contribution in [3.63, 3.8) is 0 Å². The van der Waals surface area contributed by atoms with Gasteiger partial charge in [-0.15, -0.1) is 0 Å². The molecule has 0 aliphatic carbocycles. The van der Waals surface area contributed by atoms with Gasteiger partial charge in [0.05, 0.1) is 10.0 Å². The molecule has 5 nitrogen and oxygen atoms in total. The lowest BCUT2D eigenvalue weighted by Crippen LogP contribution is -2.38. The van der Waals surface area contributed by atoms with Crippen molar-refractivity contribution >= 4 is 21.8 Å². The van der Waals surface area contributed by atoms with Gasteiger partial charge in [-0.3, -0.25) is 4.79 Å². The van der Waals surface area contributed by atoms with Crippen molar-refractivity contribution in [3.8, 4) is 11.6 Å². The number of pyridine rings is 1. The number of para-hydroxylation sites is 1. The highest BCUT2D eigenvalue weighted by Gasteiger charge is 2.24. The standard InChI is InChI=1S/C17H18BrN3O2/c1-21(13-8-9-19-11-13)17(22)12-6-7-16(20-10-12)23-15-5-3-2-4-14(15)18/h2-7,10,13,19H,8-9,11H2,1H3/t13-/m1/s1. The summed E-state index contributed by atoms with van der Waals surface area (Å²) in [4.78, 5) is 18.5. The molecule has 1 atom stereocenters. The summed E-state index contributed by atoms with van der Waals surface area (Å²) in [5.41, 5.74) is 0.568. The van der Waals surface area contributed by atoms with E-state index in [1.807, 2.05) is 31.3 Å². The van der Waals surface area contributed by atoms with E-state index >= 15 is 0 Å². The molecule has 1 fully saturated rings. The summed E-state index contributed by atoms with van der Waals surface area (Å²) < 4.78 is 6.57. The van der Waals surface area contributed by atoms with Crippen molar-refractivity contribution in [2.75, 3.05) is 20.1 Å². The highest BCUT2D eigenvalue weighted by Crippen LogP contribution is 2.28. The highest BCUT2D eigenvalue weighted by atomic mass is 79.9. The fraction of sp³-hybridized carbons (Fsp3) is 0.294. The van der Waals surface area contributed by atoms with Crippen LogP contribution >= 0.6 is 15.9 Å². The van der Waals surface area contributed by atoms with Gasteiger partial charge >= 0.3 is 0 Å². The zero-order chi connectivity index (χ0) is 16.2. The van der Waals surface area contributed by atoms with Gasteiger partial charge in [-0.1, -0.05) is 12.1 Å². The third-order valence-electron chi connectivity index (χ3n) is 3.94. The Balaban J connectivity index is 1.69. The smallest absolute Gasteiger partial charge is 0.255 e. The summed E-state index contributed by atoms with van der Waals surface area (Å²) in [7, 11) is 1.84. The molecule has 1 N–H and O–H groups in total. The first-order valence-electron chi connectivity index (χ1n) is 7.51. The predicted octanol–water partition coefficient (Wildman–Crippen LogP) is 3.07. The fourth-order valence-electron chi connectivity index (χ4n) is 2.55. The number of carbonyl (C=O) groups excluding carboxylic acids is 1. The number of likely N-dealkylation sites (N-methyl/N-ethyl adjacent to an activating group) is 1. The Morgan fingerprint density at radius 1 is 1.35 bits per heavy atom. The summed E-state index contributed by atoms with van der Waals surface area (Å²) in [6.07, 6.45) is 2.55. The first-order valence-corrected chi connectivity index (χ1v) is 8.31. The predicted molar refractivity (Wildman–Crippen MR) is 91.8 cm³/mol. The van der Waals surface area contributed by atoms with Crippen LogP contribution in [0.3, 0.4) is 0 Å². The van der Waals surface area contributed by atoms with E-state index in [0.717, 1.165) is 24.0 Å². The molecule has 2 heterocycles. The first kappa shape index (κ1) is 16.0. The fourth-order valence-corrected chi connectivity index (χ4v) is 2.91. The van der Waals surface area contributed by atoms with Crippen molar-refractivity contribution in [3.05, 3.63) is 52.6 Å². The maximum Gasteiger partial charge on any atom is 0.255 e. The van der Waals surface area contributed by atoms with Gasteiger partial charge in [0.25, 0.3) is 5.91 Å². The molecule has 3 rings (SSSR count). The number of aromatic nitrogens is 1. The van der Waals surface area contributed by atoms with Crippen LogP contribution in [0.5, 0.6) is 11.6 Å². The third-order valence-corrected chi connectivity index (χ3v) is 4.59. The van der Waals surface area contributed by atoms with Crippen molar-refractivity contribution in [1.29, 1.82) is 0 Å².